The van der Waals surface area contributed by atoms with E-state index in [1.54, 1.807) is 18.2 Å². The number of hydrogen-bond donors (Lipinski definition) is 2. The Morgan fingerprint density at radius 2 is 1.88 bits per heavy atom. The van der Waals surface area contributed by atoms with Crippen molar-refractivity contribution in [1.82, 2.24) is 15.3 Å². The molecule has 0 radical (unpaired) electrons. The number of rotatable bonds is 4. The van der Waals surface area contributed by atoms with Gasteiger partial charge in [-0.1, -0.05) is 26.0 Å². The fourth-order valence-electron chi connectivity index (χ4n) is 3.08. The Labute approximate surface area is 151 Å². The summed E-state index contributed by atoms with van der Waals surface area (Å²) in [7, 11) is 0. The second kappa shape index (κ2) is 6.71. The number of ether oxygens (including phenoxy) is 2. The molecule has 0 aliphatic carbocycles. The molecule has 2 N–H and O–H groups in total. The smallest absolute Gasteiger partial charge is 0.252 e. The molecule has 0 saturated heterocycles. The van der Waals surface area contributed by atoms with Gasteiger partial charge in [-0.25, -0.2) is 4.98 Å². The minimum Gasteiger partial charge on any atom is -0.486 e. The molecule has 4 rings (SSSR count). The third-order valence-corrected chi connectivity index (χ3v) is 4.46. The number of fused-ring (bicyclic) bond motifs is 2. The number of nitrogens with zero attached hydrogens (tertiary/aromatic N) is 1. The Kier molecular flexibility index (Phi) is 4.24. The lowest BCUT2D eigenvalue weighted by Crippen LogP contribution is -2.32. The van der Waals surface area contributed by atoms with Gasteiger partial charge in [0.05, 0.1) is 17.1 Å². The van der Waals surface area contributed by atoms with Crippen LogP contribution in [-0.2, 0) is 0 Å². The Morgan fingerprint density at radius 3 is 2.65 bits per heavy atom. The average molecular weight is 351 g/mol. The number of aromatic amines is 1. The number of carbonyl (C=O) groups is 1. The highest BCUT2D eigenvalue weighted by molar-refractivity contribution is 5.95. The van der Waals surface area contributed by atoms with E-state index >= 15 is 0 Å². The third kappa shape index (κ3) is 3.10. The third-order valence-electron chi connectivity index (χ3n) is 4.46. The van der Waals surface area contributed by atoms with Crippen LogP contribution in [-0.4, -0.2) is 29.1 Å². The van der Waals surface area contributed by atoms with Gasteiger partial charge in [0.1, 0.15) is 19.0 Å². The second-order valence-corrected chi connectivity index (χ2v) is 6.69. The van der Waals surface area contributed by atoms with Gasteiger partial charge in [0.2, 0.25) is 0 Å². The average Bonchev–Trinajstić information content (AvgIpc) is 3.09. The first kappa shape index (κ1) is 16.4. The minimum absolute atomic E-state index is 0.166. The first-order chi connectivity index (χ1) is 12.6. The lowest BCUT2D eigenvalue weighted by atomic mass is 10.0. The van der Waals surface area contributed by atoms with Crippen molar-refractivity contribution in [2.45, 2.75) is 19.9 Å². The molecular weight excluding hydrogens is 330 g/mol. The van der Waals surface area contributed by atoms with Crippen molar-refractivity contribution in [1.29, 1.82) is 0 Å². The molecule has 1 aliphatic heterocycles. The number of para-hydroxylation sites is 2. The maximum atomic E-state index is 12.8. The minimum atomic E-state index is -0.219. The van der Waals surface area contributed by atoms with E-state index in [9.17, 15) is 4.79 Å². The maximum absolute atomic E-state index is 12.8. The summed E-state index contributed by atoms with van der Waals surface area (Å²) in [4.78, 5) is 20.7. The first-order valence-electron chi connectivity index (χ1n) is 8.77. The van der Waals surface area contributed by atoms with Crippen LogP contribution >= 0.6 is 0 Å². The molecule has 0 fully saturated rings. The lowest BCUT2D eigenvalue weighted by molar-refractivity contribution is 0.0922. The van der Waals surface area contributed by atoms with Crippen LogP contribution in [0.4, 0.5) is 0 Å². The molecule has 0 saturated carbocycles. The zero-order chi connectivity index (χ0) is 18.1. The molecule has 0 bridgehead atoms. The second-order valence-electron chi connectivity index (χ2n) is 6.69. The number of amides is 1. The van der Waals surface area contributed by atoms with Crippen LogP contribution < -0.4 is 14.8 Å². The molecule has 1 atom stereocenters. The van der Waals surface area contributed by atoms with Gasteiger partial charge in [0, 0.05) is 5.56 Å². The standard InChI is InChI=1S/C20H21N3O3/c1-12(2)18(19-21-14-5-3-4-6-15(14)22-19)23-20(24)13-7-8-16-17(11-13)26-10-9-25-16/h3-8,11-12,18H,9-10H2,1-2H3,(H,21,22)(H,23,24)/t18-/m0/s1. The van der Waals surface area contributed by atoms with Crippen molar-refractivity contribution < 1.29 is 14.3 Å². The fraction of sp³-hybridized carbons (Fsp3) is 0.300. The van der Waals surface area contributed by atoms with Gasteiger partial charge in [-0.2, -0.15) is 0 Å². The Morgan fingerprint density at radius 1 is 1.12 bits per heavy atom. The summed E-state index contributed by atoms with van der Waals surface area (Å²) < 4.78 is 11.1. The van der Waals surface area contributed by atoms with Gasteiger partial charge >= 0.3 is 0 Å². The molecule has 1 aromatic heterocycles. The van der Waals surface area contributed by atoms with E-state index in [0.717, 1.165) is 16.9 Å². The summed E-state index contributed by atoms with van der Waals surface area (Å²) >= 11 is 0. The maximum Gasteiger partial charge on any atom is 0.252 e. The van der Waals surface area contributed by atoms with E-state index in [-0.39, 0.29) is 17.9 Å². The largest absolute Gasteiger partial charge is 0.486 e. The predicted molar refractivity (Wildman–Crippen MR) is 98.6 cm³/mol. The monoisotopic (exact) mass is 351 g/mol. The van der Waals surface area contributed by atoms with E-state index in [4.69, 9.17) is 9.47 Å². The summed E-state index contributed by atoms with van der Waals surface area (Å²) in [5.74, 6) is 2.05. The van der Waals surface area contributed by atoms with Crippen LogP contribution in [0.1, 0.15) is 36.1 Å². The van der Waals surface area contributed by atoms with Crippen LogP contribution in [0, 0.1) is 5.92 Å². The summed E-state index contributed by atoms with van der Waals surface area (Å²) in [6.45, 7) is 5.13. The van der Waals surface area contributed by atoms with E-state index in [2.05, 4.69) is 29.1 Å². The molecule has 6 heteroatoms. The first-order valence-corrected chi connectivity index (χ1v) is 8.77. The van der Waals surface area contributed by atoms with Gasteiger partial charge in [-0.3, -0.25) is 4.79 Å². The van der Waals surface area contributed by atoms with Crippen LogP contribution in [0.25, 0.3) is 11.0 Å². The van der Waals surface area contributed by atoms with Crippen LogP contribution in [0.5, 0.6) is 11.5 Å². The van der Waals surface area contributed by atoms with E-state index < -0.39 is 0 Å². The van der Waals surface area contributed by atoms with Crippen molar-refractivity contribution in [3.8, 4) is 11.5 Å². The molecule has 0 spiro atoms. The topological polar surface area (TPSA) is 76.2 Å². The number of imidazole rings is 1. The summed E-state index contributed by atoms with van der Waals surface area (Å²) in [5, 5.41) is 3.09. The predicted octanol–water partition coefficient (Wildman–Crippen LogP) is 3.46. The Balaban J connectivity index is 1.59. The Bertz CT molecular complexity index is 915. The zero-order valence-electron chi connectivity index (χ0n) is 14.8. The van der Waals surface area contributed by atoms with Crippen LogP contribution in [0.2, 0.25) is 0 Å². The molecule has 6 nitrogen and oxygen atoms in total. The van der Waals surface area contributed by atoms with Crippen molar-refractivity contribution in [3.63, 3.8) is 0 Å². The highest BCUT2D eigenvalue weighted by atomic mass is 16.6. The summed E-state index contributed by atoms with van der Waals surface area (Å²) in [6.07, 6.45) is 0. The van der Waals surface area contributed by atoms with Gasteiger partial charge in [-0.15, -0.1) is 0 Å². The molecular formula is C20H21N3O3. The summed E-state index contributed by atoms with van der Waals surface area (Å²) in [5.41, 5.74) is 2.39. The molecule has 2 aromatic carbocycles. The SMILES string of the molecule is CC(C)[C@H](NC(=O)c1ccc2c(c1)OCCO2)c1nc2ccccc2[nH]1. The lowest BCUT2D eigenvalue weighted by Gasteiger charge is -2.22. The van der Waals surface area contributed by atoms with Crippen LogP contribution in [0.3, 0.4) is 0 Å². The van der Waals surface area contributed by atoms with Crippen molar-refractivity contribution in [2.75, 3.05) is 13.2 Å². The highest BCUT2D eigenvalue weighted by Gasteiger charge is 2.23. The fourth-order valence-corrected chi connectivity index (χ4v) is 3.08. The van der Waals surface area contributed by atoms with Gasteiger partial charge < -0.3 is 19.8 Å². The number of H-pyrrole nitrogens is 1. The number of benzene rings is 2. The van der Waals surface area contributed by atoms with Gasteiger partial charge in [0.25, 0.3) is 5.91 Å². The quantitative estimate of drug-likeness (QED) is 0.755. The molecule has 1 aliphatic rings. The summed E-state index contributed by atoms with van der Waals surface area (Å²) in [6, 6.07) is 12.9. The van der Waals surface area contributed by atoms with Gasteiger partial charge in [-0.05, 0) is 36.2 Å². The number of hydrogen-bond acceptors (Lipinski definition) is 4. The number of aromatic nitrogens is 2. The normalized spacial score (nSPS) is 14.4. The number of nitrogens with one attached hydrogen (secondary N) is 2. The highest BCUT2D eigenvalue weighted by Crippen LogP contribution is 2.31. The number of carbonyl (C=O) groups excluding carboxylic acids is 1. The molecule has 26 heavy (non-hydrogen) atoms. The molecule has 0 unspecified atom stereocenters. The molecule has 134 valence electrons. The molecule has 2 heterocycles. The molecule has 1 amide bonds. The molecule has 3 aromatic rings. The van der Waals surface area contributed by atoms with E-state index in [0.29, 0.717) is 30.3 Å². The van der Waals surface area contributed by atoms with Gasteiger partial charge in [0.15, 0.2) is 11.5 Å². The van der Waals surface area contributed by atoms with Crippen molar-refractivity contribution in [2.24, 2.45) is 5.92 Å². The zero-order valence-corrected chi connectivity index (χ0v) is 14.8. The van der Waals surface area contributed by atoms with Crippen LogP contribution in [0.15, 0.2) is 42.5 Å². The van der Waals surface area contributed by atoms with Crippen molar-refractivity contribution >= 4 is 16.9 Å². The Hall–Kier alpha value is -3.02. The van der Waals surface area contributed by atoms with Crippen molar-refractivity contribution in [3.05, 3.63) is 53.9 Å². The van der Waals surface area contributed by atoms with E-state index in [1.165, 1.54) is 0 Å². The van der Waals surface area contributed by atoms with E-state index in [1.807, 2.05) is 24.3 Å².